The molecular weight excluding hydrogens is 515 g/mol. The fourth-order valence-electron chi connectivity index (χ4n) is 4.98. The number of halogens is 2. The Bertz CT molecular complexity index is 942. The highest BCUT2D eigenvalue weighted by atomic mass is 35.5. The van der Waals surface area contributed by atoms with Crippen molar-refractivity contribution in [3.63, 3.8) is 0 Å². The van der Waals surface area contributed by atoms with Gasteiger partial charge in [-0.3, -0.25) is 0 Å². The van der Waals surface area contributed by atoms with E-state index in [1.807, 2.05) is 24.3 Å². The Balaban J connectivity index is 0.00000241. The molecule has 0 aliphatic carbocycles. The quantitative estimate of drug-likeness (QED) is 0.361. The van der Waals surface area contributed by atoms with Gasteiger partial charge in [0.1, 0.15) is 5.75 Å². The third-order valence-electron chi connectivity index (χ3n) is 7.18. The molecule has 0 radical (unpaired) electrons. The monoisotopic (exact) mass is 558 g/mol. The highest BCUT2D eigenvalue weighted by Gasteiger charge is 2.23. The predicted octanol–water partition coefficient (Wildman–Crippen LogP) is 4.84. The van der Waals surface area contributed by atoms with Crippen molar-refractivity contribution in [3.8, 4) is 11.6 Å². The van der Waals surface area contributed by atoms with Gasteiger partial charge in [-0.05, 0) is 56.6 Å². The van der Waals surface area contributed by atoms with Gasteiger partial charge in [0, 0.05) is 56.8 Å². The van der Waals surface area contributed by atoms with Crippen molar-refractivity contribution in [2.75, 3.05) is 45.9 Å². The highest BCUT2D eigenvalue weighted by Crippen LogP contribution is 2.29. The summed E-state index contributed by atoms with van der Waals surface area (Å²) in [4.78, 5) is 20.6. The van der Waals surface area contributed by atoms with Gasteiger partial charge in [-0.15, -0.1) is 24.8 Å². The number of amides is 1. The first-order chi connectivity index (χ1) is 17.0. The van der Waals surface area contributed by atoms with E-state index in [1.165, 1.54) is 0 Å². The van der Waals surface area contributed by atoms with E-state index in [0.29, 0.717) is 18.4 Å². The minimum Gasteiger partial charge on any atom is -0.493 e. The van der Waals surface area contributed by atoms with Gasteiger partial charge in [0.05, 0.1) is 18.2 Å². The van der Waals surface area contributed by atoms with Crippen molar-refractivity contribution < 1.29 is 19.4 Å². The van der Waals surface area contributed by atoms with E-state index in [9.17, 15) is 9.90 Å². The molecule has 3 heterocycles. The summed E-state index contributed by atoms with van der Waals surface area (Å²) < 4.78 is 11.6. The van der Waals surface area contributed by atoms with Gasteiger partial charge in [-0.25, -0.2) is 4.79 Å². The molecule has 4 rings (SSSR count). The largest absolute Gasteiger partial charge is 0.493 e. The Labute approximate surface area is 233 Å². The van der Waals surface area contributed by atoms with Crippen LogP contribution in [0.5, 0.6) is 11.6 Å². The molecule has 1 aromatic heterocycles. The Kier molecular flexibility index (Phi) is 13.3. The van der Waals surface area contributed by atoms with E-state index in [4.69, 9.17) is 9.47 Å². The van der Waals surface area contributed by atoms with Crippen LogP contribution in [0.25, 0.3) is 10.9 Å². The van der Waals surface area contributed by atoms with E-state index in [2.05, 4.69) is 33.9 Å². The average molecular weight is 560 g/mol. The summed E-state index contributed by atoms with van der Waals surface area (Å²) in [7, 11) is 0. The second kappa shape index (κ2) is 15.6. The Morgan fingerprint density at radius 2 is 1.73 bits per heavy atom. The van der Waals surface area contributed by atoms with Gasteiger partial charge in [0.25, 0.3) is 0 Å². The maximum atomic E-state index is 12.5. The fourth-order valence-corrected chi connectivity index (χ4v) is 4.98. The normalized spacial score (nSPS) is 17.8. The van der Waals surface area contributed by atoms with Gasteiger partial charge < -0.3 is 34.7 Å². The summed E-state index contributed by atoms with van der Waals surface area (Å²) in [5.41, 5.74) is 0.894. The van der Waals surface area contributed by atoms with Crippen molar-refractivity contribution in [2.45, 2.75) is 64.5 Å². The summed E-state index contributed by atoms with van der Waals surface area (Å²) in [6.45, 7) is 11.1. The number of carbonyl (C=O) groups is 1. The molecule has 1 aromatic carbocycles. The summed E-state index contributed by atoms with van der Waals surface area (Å²) in [6.07, 6.45) is 5.25. The number of benzene rings is 1. The van der Waals surface area contributed by atoms with Crippen LogP contribution in [0.2, 0.25) is 0 Å². The minimum absolute atomic E-state index is 0. The smallest absolute Gasteiger partial charge is 0.414 e. The number of aliphatic hydroxyl groups excluding tert-OH is 1. The molecule has 2 aliphatic rings. The molecule has 8 nitrogen and oxygen atoms in total. The lowest BCUT2D eigenvalue weighted by atomic mass is 10.1. The molecule has 2 saturated heterocycles. The Morgan fingerprint density at radius 1 is 1.08 bits per heavy atom. The van der Waals surface area contributed by atoms with Crippen molar-refractivity contribution in [2.24, 2.45) is 5.92 Å². The molecular formula is C27H44Cl2N4O4. The molecule has 2 aliphatic heterocycles. The van der Waals surface area contributed by atoms with Crippen molar-refractivity contribution in [1.82, 2.24) is 20.1 Å². The molecule has 10 heteroatoms. The molecule has 0 unspecified atom stereocenters. The van der Waals surface area contributed by atoms with Crippen molar-refractivity contribution in [3.05, 3.63) is 24.3 Å². The van der Waals surface area contributed by atoms with Crippen LogP contribution in [0.4, 0.5) is 4.79 Å². The number of aromatic amines is 1. The summed E-state index contributed by atoms with van der Waals surface area (Å²) in [5.74, 6) is 1.91. The second-order valence-electron chi connectivity index (χ2n) is 10.5. The maximum Gasteiger partial charge on any atom is 0.414 e. The first-order valence-corrected chi connectivity index (χ1v) is 13.3. The van der Waals surface area contributed by atoms with Crippen LogP contribution < -0.4 is 14.8 Å². The maximum absolute atomic E-state index is 12.5. The van der Waals surface area contributed by atoms with E-state index < -0.39 is 6.09 Å². The number of hydrogen-bond acceptors (Lipinski definition) is 6. The van der Waals surface area contributed by atoms with Crippen LogP contribution in [-0.2, 0) is 0 Å². The molecule has 2 fully saturated rings. The number of likely N-dealkylation sites (tertiary alicyclic amines) is 2. The first-order valence-electron chi connectivity index (χ1n) is 13.3. The lowest BCUT2D eigenvalue weighted by Gasteiger charge is -2.35. The Hall–Kier alpha value is -1.71. The van der Waals surface area contributed by atoms with Gasteiger partial charge in [0.2, 0.25) is 5.88 Å². The third kappa shape index (κ3) is 9.84. The number of H-pyrrole nitrogens is 1. The molecule has 0 spiro atoms. The number of ether oxygens (including phenoxy) is 2. The van der Waals surface area contributed by atoms with Crippen LogP contribution in [0.15, 0.2) is 24.3 Å². The van der Waals surface area contributed by atoms with Gasteiger partial charge in [-0.2, -0.15) is 0 Å². The topological polar surface area (TPSA) is 90.1 Å². The number of piperidine rings is 2. The van der Waals surface area contributed by atoms with Crippen LogP contribution in [0.3, 0.4) is 0 Å². The summed E-state index contributed by atoms with van der Waals surface area (Å²) in [5, 5.41) is 13.6. The molecule has 2 aromatic rings. The number of aromatic nitrogens is 1. The number of fused-ring (bicyclic) bond motifs is 1. The average Bonchev–Trinajstić information content (AvgIpc) is 3.25. The standard InChI is InChI=1S/C27H42N4O4.2ClH/c1-20(2)5-4-18-34-25-7-3-6-24-23(25)19-26(29-24)35-27(33)28-21-8-12-30(13-9-21)16-17-31-14-10-22(32)11-15-31;;/h3,6-7,19-22,29,32H,4-5,8-18H2,1-2H3,(H,28,33);2*1H. The van der Waals surface area contributed by atoms with Crippen LogP contribution in [-0.4, -0.2) is 84.0 Å². The lowest BCUT2D eigenvalue weighted by Crippen LogP contribution is -2.47. The molecule has 210 valence electrons. The van der Waals surface area contributed by atoms with Crippen LogP contribution in [0, 0.1) is 5.92 Å². The molecule has 0 bridgehead atoms. The zero-order chi connectivity index (χ0) is 24.6. The number of aliphatic hydroxyl groups is 1. The van der Waals surface area contributed by atoms with Crippen LogP contribution >= 0.6 is 24.8 Å². The second-order valence-corrected chi connectivity index (χ2v) is 10.5. The molecule has 37 heavy (non-hydrogen) atoms. The summed E-state index contributed by atoms with van der Waals surface area (Å²) in [6, 6.07) is 7.84. The number of carbonyl (C=O) groups excluding carboxylic acids is 1. The van der Waals surface area contributed by atoms with E-state index in [-0.39, 0.29) is 37.0 Å². The number of hydrogen-bond donors (Lipinski definition) is 3. The predicted molar refractivity (Wildman–Crippen MR) is 153 cm³/mol. The number of rotatable bonds is 10. The van der Waals surface area contributed by atoms with Gasteiger partial charge >= 0.3 is 6.09 Å². The molecule has 3 N–H and O–H groups in total. The SMILES string of the molecule is CC(C)CCCOc1cccc2[nH]c(OC(=O)NC3CCN(CCN4CCC(O)CC4)CC3)cc12.Cl.Cl. The van der Waals surface area contributed by atoms with E-state index >= 15 is 0 Å². The third-order valence-corrected chi connectivity index (χ3v) is 7.18. The van der Waals surface area contributed by atoms with Gasteiger partial charge in [0.15, 0.2) is 0 Å². The number of nitrogens with zero attached hydrogens (tertiary/aromatic N) is 2. The summed E-state index contributed by atoms with van der Waals surface area (Å²) >= 11 is 0. The molecule has 0 saturated carbocycles. The van der Waals surface area contributed by atoms with E-state index in [0.717, 1.165) is 94.4 Å². The van der Waals surface area contributed by atoms with Crippen LogP contribution in [0.1, 0.15) is 52.4 Å². The van der Waals surface area contributed by atoms with Crippen molar-refractivity contribution >= 4 is 41.8 Å². The molecule has 0 atom stereocenters. The minimum atomic E-state index is -0.415. The number of nitrogens with one attached hydrogen (secondary N) is 2. The molecule has 1 amide bonds. The zero-order valence-electron chi connectivity index (χ0n) is 22.1. The Morgan fingerprint density at radius 3 is 2.38 bits per heavy atom. The zero-order valence-corrected chi connectivity index (χ0v) is 23.7. The first kappa shape index (κ1) is 31.5. The van der Waals surface area contributed by atoms with Crippen molar-refractivity contribution in [1.29, 1.82) is 0 Å². The fraction of sp³-hybridized carbons (Fsp3) is 0.667. The lowest BCUT2D eigenvalue weighted by molar-refractivity contribution is 0.0739. The van der Waals surface area contributed by atoms with Gasteiger partial charge in [-0.1, -0.05) is 19.9 Å². The highest BCUT2D eigenvalue weighted by molar-refractivity contribution is 5.88. The van der Waals surface area contributed by atoms with E-state index in [1.54, 1.807) is 0 Å².